The van der Waals surface area contributed by atoms with E-state index in [4.69, 9.17) is 10.5 Å². The van der Waals surface area contributed by atoms with Gasteiger partial charge in [-0.2, -0.15) is 0 Å². The van der Waals surface area contributed by atoms with Crippen molar-refractivity contribution >= 4 is 5.91 Å². The summed E-state index contributed by atoms with van der Waals surface area (Å²) in [5, 5.41) is 3.29. The van der Waals surface area contributed by atoms with Crippen LogP contribution in [-0.2, 0) is 9.53 Å². The summed E-state index contributed by atoms with van der Waals surface area (Å²) in [5.41, 5.74) is 5.53. The summed E-state index contributed by atoms with van der Waals surface area (Å²) in [6, 6.07) is 0.295. The first-order chi connectivity index (χ1) is 9.64. The molecule has 1 amide bonds. The Hall–Kier alpha value is -0.610. The third kappa shape index (κ3) is 2.48. The van der Waals surface area contributed by atoms with E-state index in [1.54, 1.807) is 0 Å². The summed E-state index contributed by atoms with van der Waals surface area (Å²) in [6.07, 6.45) is 7.00. The number of hydrogen-bond acceptors (Lipinski definition) is 3. The molecule has 2 saturated carbocycles. The topological polar surface area (TPSA) is 64.4 Å². The minimum atomic E-state index is -0.385. The molecular weight excluding hydrogens is 252 g/mol. The standard InChI is InChI=1S/C16H28N2O2/c1-11(14-9-12-2-3-13(14)8-12)18-15(19)16(10-17)4-6-20-7-5-16/h11-14H,2-10,17H2,1H3,(H,18,19). The SMILES string of the molecule is CC(NC(=O)C1(CN)CCOCC1)C1CC2CCC1C2. The lowest BCUT2D eigenvalue weighted by molar-refractivity contribution is -0.137. The van der Waals surface area contributed by atoms with Crippen molar-refractivity contribution in [1.82, 2.24) is 5.32 Å². The van der Waals surface area contributed by atoms with Gasteiger partial charge in [0.25, 0.3) is 0 Å². The Morgan fingerprint density at radius 3 is 2.65 bits per heavy atom. The minimum absolute atomic E-state index is 0.165. The van der Waals surface area contributed by atoms with E-state index in [0.29, 0.717) is 31.7 Å². The largest absolute Gasteiger partial charge is 0.381 e. The van der Waals surface area contributed by atoms with Gasteiger partial charge in [-0.15, -0.1) is 0 Å². The Labute approximate surface area is 121 Å². The van der Waals surface area contributed by atoms with Gasteiger partial charge in [-0.1, -0.05) is 6.42 Å². The van der Waals surface area contributed by atoms with Crippen LogP contribution in [0.15, 0.2) is 0 Å². The Balaban J connectivity index is 1.60. The minimum Gasteiger partial charge on any atom is -0.381 e. The average Bonchev–Trinajstić information content (AvgIpc) is 3.10. The average molecular weight is 280 g/mol. The van der Waals surface area contributed by atoms with Crippen molar-refractivity contribution in [3.05, 3.63) is 0 Å². The van der Waals surface area contributed by atoms with Crippen molar-refractivity contribution in [3.8, 4) is 0 Å². The fourth-order valence-electron chi connectivity index (χ4n) is 4.66. The van der Waals surface area contributed by atoms with Crippen LogP contribution in [0.1, 0.15) is 45.4 Å². The Morgan fingerprint density at radius 1 is 1.35 bits per heavy atom. The van der Waals surface area contributed by atoms with E-state index in [-0.39, 0.29) is 11.3 Å². The molecule has 114 valence electrons. The number of amides is 1. The summed E-state index contributed by atoms with van der Waals surface area (Å²) in [7, 11) is 0. The highest BCUT2D eigenvalue weighted by Gasteiger charge is 2.44. The number of nitrogens with one attached hydrogen (secondary N) is 1. The van der Waals surface area contributed by atoms with Crippen LogP contribution in [0.4, 0.5) is 0 Å². The third-order valence-electron chi connectivity index (χ3n) is 6.12. The monoisotopic (exact) mass is 280 g/mol. The molecule has 0 aromatic rings. The molecule has 4 heteroatoms. The van der Waals surface area contributed by atoms with Crippen LogP contribution >= 0.6 is 0 Å². The van der Waals surface area contributed by atoms with E-state index in [0.717, 1.165) is 24.7 Å². The first-order valence-electron chi connectivity index (χ1n) is 8.23. The van der Waals surface area contributed by atoms with Gasteiger partial charge < -0.3 is 15.8 Å². The van der Waals surface area contributed by atoms with Gasteiger partial charge in [-0.25, -0.2) is 0 Å². The summed E-state index contributed by atoms with van der Waals surface area (Å²) in [6.45, 7) is 3.94. The normalized spacial score (nSPS) is 36.8. The van der Waals surface area contributed by atoms with E-state index in [1.165, 1.54) is 25.7 Å². The molecule has 4 nitrogen and oxygen atoms in total. The molecule has 1 aliphatic heterocycles. The van der Waals surface area contributed by atoms with Gasteiger partial charge in [0, 0.05) is 25.8 Å². The predicted octanol–water partition coefficient (Wildman–Crippen LogP) is 1.68. The number of ether oxygens (including phenoxy) is 1. The Bertz CT molecular complexity index is 365. The molecule has 0 aromatic carbocycles. The van der Waals surface area contributed by atoms with E-state index >= 15 is 0 Å². The molecule has 2 bridgehead atoms. The van der Waals surface area contributed by atoms with Crippen LogP contribution in [0.3, 0.4) is 0 Å². The van der Waals surface area contributed by atoms with Gasteiger partial charge in [-0.05, 0) is 56.8 Å². The van der Waals surface area contributed by atoms with Gasteiger partial charge in [0.05, 0.1) is 5.41 Å². The second kappa shape index (κ2) is 5.64. The van der Waals surface area contributed by atoms with Crippen molar-refractivity contribution in [2.75, 3.05) is 19.8 Å². The molecule has 1 heterocycles. The van der Waals surface area contributed by atoms with Gasteiger partial charge >= 0.3 is 0 Å². The number of fused-ring (bicyclic) bond motifs is 2. The maximum Gasteiger partial charge on any atom is 0.227 e. The molecule has 0 spiro atoms. The molecule has 1 saturated heterocycles. The quantitative estimate of drug-likeness (QED) is 0.823. The van der Waals surface area contributed by atoms with E-state index < -0.39 is 0 Å². The van der Waals surface area contributed by atoms with Gasteiger partial charge in [0.1, 0.15) is 0 Å². The molecule has 3 rings (SSSR count). The number of hydrogen-bond donors (Lipinski definition) is 2. The molecule has 0 aromatic heterocycles. The maximum absolute atomic E-state index is 12.7. The van der Waals surface area contributed by atoms with Crippen LogP contribution in [0.2, 0.25) is 0 Å². The summed E-state index contributed by atoms with van der Waals surface area (Å²) in [4.78, 5) is 12.7. The summed E-state index contributed by atoms with van der Waals surface area (Å²) < 4.78 is 5.39. The van der Waals surface area contributed by atoms with Crippen LogP contribution < -0.4 is 11.1 Å². The zero-order valence-corrected chi connectivity index (χ0v) is 12.6. The molecule has 20 heavy (non-hydrogen) atoms. The molecule has 4 unspecified atom stereocenters. The van der Waals surface area contributed by atoms with Gasteiger partial charge in [0.2, 0.25) is 5.91 Å². The van der Waals surface area contributed by atoms with Gasteiger partial charge in [0.15, 0.2) is 0 Å². The Kier molecular flexibility index (Phi) is 4.04. The van der Waals surface area contributed by atoms with Crippen LogP contribution in [0.5, 0.6) is 0 Å². The Morgan fingerprint density at radius 2 is 2.10 bits per heavy atom. The number of nitrogens with two attached hydrogens (primary N) is 1. The van der Waals surface area contributed by atoms with Crippen molar-refractivity contribution in [1.29, 1.82) is 0 Å². The zero-order chi connectivity index (χ0) is 14.2. The summed E-state index contributed by atoms with van der Waals surface area (Å²) >= 11 is 0. The first-order valence-corrected chi connectivity index (χ1v) is 8.23. The molecule has 2 aliphatic carbocycles. The first kappa shape index (κ1) is 14.3. The van der Waals surface area contributed by atoms with E-state index in [2.05, 4.69) is 12.2 Å². The highest BCUT2D eigenvalue weighted by molar-refractivity contribution is 5.83. The fourth-order valence-corrected chi connectivity index (χ4v) is 4.66. The van der Waals surface area contributed by atoms with Crippen molar-refractivity contribution in [3.63, 3.8) is 0 Å². The zero-order valence-electron chi connectivity index (χ0n) is 12.6. The smallest absolute Gasteiger partial charge is 0.227 e. The second-order valence-electron chi connectivity index (χ2n) is 7.20. The van der Waals surface area contributed by atoms with E-state index in [9.17, 15) is 4.79 Å². The van der Waals surface area contributed by atoms with Crippen molar-refractivity contribution < 1.29 is 9.53 Å². The molecular formula is C16H28N2O2. The lowest BCUT2D eigenvalue weighted by atomic mass is 9.78. The van der Waals surface area contributed by atoms with Crippen molar-refractivity contribution in [2.24, 2.45) is 28.9 Å². The van der Waals surface area contributed by atoms with Crippen LogP contribution in [0, 0.1) is 23.2 Å². The van der Waals surface area contributed by atoms with Crippen LogP contribution in [-0.4, -0.2) is 31.7 Å². The highest BCUT2D eigenvalue weighted by Crippen LogP contribution is 2.49. The number of carbonyl (C=O) groups excluding carboxylic acids is 1. The van der Waals surface area contributed by atoms with Gasteiger partial charge in [-0.3, -0.25) is 4.79 Å². The molecule has 4 atom stereocenters. The van der Waals surface area contributed by atoms with Crippen molar-refractivity contribution in [2.45, 2.75) is 51.5 Å². The fraction of sp³-hybridized carbons (Fsp3) is 0.938. The second-order valence-corrected chi connectivity index (χ2v) is 7.20. The predicted molar refractivity (Wildman–Crippen MR) is 78.1 cm³/mol. The molecule has 0 radical (unpaired) electrons. The maximum atomic E-state index is 12.7. The molecule has 3 aliphatic rings. The molecule has 3 fully saturated rings. The lowest BCUT2D eigenvalue weighted by Gasteiger charge is -2.37. The summed E-state index contributed by atoms with van der Waals surface area (Å²) in [5.74, 6) is 2.63. The third-order valence-corrected chi connectivity index (χ3v) is 6.12. The lowest BCUT2D eigenvalue weighted by Crippen LogP contribution is -2.53. The number of carbonyl (C=O) groups is 1. The molecule has 3 N–H and O–H groups in total. The van der Waals surface area contributed by atoms with Crippen LogP contribution in [0.25, 0.3) is 0 Å². The highest BCUT2D eigenvalue weighted by atomic mass is 16.5. The number of rotatable bonds is 4. The van der Waals surface area contributed by atoms with E-state index in [1.807, 2.05) is 0 Å².